The molecule has 2 aromatic carbocycles. The molecule has 0 fully saturated rings. The summed E-state index contributed by atoms with van der Waals surface area (Å²) >= 11 is 0. The van der Waals surface area contributed by atoms with Gasteiger partial charge in [0.15, 0.2) is 0 Å². The van der Waals surface area contributed by atoms with Crippen molar-refractivity contribution >= 4 is 22.5 Å². The molecule has 0 radical (unpaired) electrons. The van der Waals surface area contributed by atoms with Crippen molar-refractivity contribution in [2.75, 3.05) is 5.32 Å². The van der Waals surface area contributed by atoms with E-state index in [1.165, 1.54) is 0 Å². The lowest BCUT2D eigenvalue weighted by Gasteiger charge is -2.05. The van der Waals surface area contributed by atoms with Crippen molar-refractivity contribution in [3.63, 3.8) is 0 Å². The second kappa shape index (κ2) is 5.33. The Morgan fingerprint density at radius 3 is 2.59 bits per heavy atom. The maximum Gasteiger partial charge on any atom is 0.227 e. The van der Waals surface area contributed by atoms with Crippen molar-refractivity contribution in [3.05, 3.63) is 73.1 Å². The van der Waals surface area contributed by atoms with E-state index in [1.807, 2.05) is 60.8 Å². The van der Waals surface area contributed by atoms with Crippen LogP contribution in [0.4, 0.5) is 11.6 Å². The van der Waals surface area contributed by atoms with E-state index < -0.39 is 0 Å². The number of para-hydroxylation sites is 1. The highest BCUT2D eigenvalue weighted by atomic mass is 15.1. The zero-order valence-electron chi connectivity index (χ0n) is 11.8. The van der Waals surface area contributed by atoms with Crippen LogP contribution in [0, 0.1) is 0 Å². The minimum Gasteiger partial charge on any atom is -0.359 e. The number of anilines is 2. The maximum absolute atomic E-state index is 4.59. The van der Waals surface area contributed by atoms with Crippen LogP contribution in [0.25, 0.3) is 22.2 Å². The molecule has 0 saturated carbocycles. The Kier molecular flexibility index (Phi) is 3.05. The van der Waals surface area contributed by atoms with Crippen LogP contribution in [0.3, 0.4) is 0 Å². The Hall–Kier alpha value is -3.14. The first-order chi connectivity index (χ1) is 10.9. The third kappa shape index (κ3) is 2.31. The quantitative estimate of drug-likeness (QED) is 0.588. The molecule has 4 aromatic rings. The molecule has 2 N–H and O–H groups in total. The summed E-state index contributed by atoms with van der Waals surface area (Å²) in [7, 11) is 0. The van der Waals surface area contributed by atoms with Crippen LogP contribution in [0.2, 0.25) is 0 Å². The smallest absolute Gasteiger partial charge is 0.227 e. The average Bonchev–Trinajstić information content (AvgIpc) is 2.99. The minimum atomic E-state index is 0.589. The molecule has 0 aliphatic rings. The average molecular weight is 286 g/mol. The molecule has 0 atom stereocenters. The highest BCUT2D eigenvalue weighted by Gasteiger charge is 2.06. The van der Waals surface area contributed by atoms with Gasteiger partial charge in [0, 0.05) is 28.9 Å². The molecule has 0 amide bonds. The maximum atomic E-state index is 4.59. The summed E-state index contributed by atoms with van der Waals surface area (Å²) in [5.74, 6) is 0.589. The van der Waals surface area contributed by atoms with Crippen molar-refractivity contribution in [2.45, 2.75) is 0 Å². The largest absolute Gasteiger partial charge is 0.359 e. The first-order valence-corrected chi connectivity index (χ1v) is 7.12. The van der Waals surface area contributed by atoms with Crippen LogP contribution in [0.15, 0.2) is 73.1 Å². The molecule has 0 aliphatic carbocycles. The van der Waals surface area contributed by atoms with Gasteiger partial charge in [0.05, 0.1) is 11.4 Å². The van der Waals surface area contributed by atoms with Crippen molar-refractivity contribution in [2.24, 2.45) is 0 Å². The number of hydrogen-bond donors (Lipinski definition) is 2. The SMILES string of the molecule is c1ccc(-c2ccnc(Nc3c[nH]c4ccccc34)n2)cc1. The van der Waals surface area contributed by atoms with Crippen LogP contribution in [-0.2, 0) is 0 Å². The van der Waals surface area contributed by atoms with Crippen molar-refractivity contribution in [1.82, 2.24) is 15.0 Å². The fraction of sp³-hybridized carbons (Fsp3) is 0. The third-order valence-corrected chi connectivity index (χ3v) is 3.56. The zero-order chi connectivity index (χ0) is 14.8. The minimum absolute atomic E-state index is 0.589. The van der Waals surface area contributed by atoms with Gasteiger partial charge in [0.25, 0.3) is 0 Å². The van der Waals surface area contributed by atoms with Gasteiger partial charge in [0.2, 0.25) is 5.95 Å². The second-order valence-corrected chi connectivity index (χ2v) is 5.00. The number of rotatable bonds is 3. The molecule has 4 rings (SSSR count). The van der Waals surface area contributed by atoms with Gasteiger partial charge in [-0.05, 0) is 12.1 Å². The molecule has 4 nitrogen and oxygen atoms in total. The van der Waals surface area contributed by atoms with E-state index in [1.54, 1.807) is 6.20 Å². The lowest BCUT2D eigenvalue weighted by Crippen LogP contribution is -1.97. The molecule has 0 aliphatic heterocycles. The number of H-pyrrole nitrogens is 1. The molecule has 0 spiro atoms. The zero-order valence-corrected chi connectivity index (χ0v) is 11.8. The summed E-state index contributed by atoms with van der Waals surface area (Å²) in [4.78, 5) is 12.1. The van der Waals surface area contributed by atoms with Crippen LogP contribution in [-0.4, -0.2) is 15.0 Å². The van der Waals surface area contributed by atoms with Gasteiger partial charge >= 0.3 is 0 Å². The number of nitrogens with one attached hydrogen (secondary N) is 2. The number of nitrogens with zero attached hydrogens (tertiary/aromatic N) is 2. The summed E-state index contributed by atoms with van der Waals surface area (Å²) in [6.45, 7) is 0. The summed E-state index contributed by atoms with van der Waals surface area (Å²) < 4.78 is 0. The Morgan fingerprint density at radius 1 is 0.864 bits per heavy atom. The monoisotopic (exact) mass is 286 g/mol. The molecule has 106 valence electrons. The van der Waals surface area contributed by atoms with Gasteiger partial charge < -0.3 is 10.3 Å². The molecule has 0 unspecified atom stereocenters. The van der Waals surface area contributed by atoms with Gasteiger partial charge in [-0.3, -0.25) is 0 Å². The highest BCUT2D eigenvalue weighted by Crippen LogP contribution is 2.25. The molecule has 4 heteroatoms. The standard InChI is InChI=1S/C18H14N4/c1-2-6-13(7-3-1)15-10-11-19-18(21-15)22-17-12-20-16-9-5-4-8-14(16)17/h1-12,20H,(H,19,21,22). The Morgan fingerprint density at radius 2 is 1.68 bits per heavy atom. The van der Waals surface area contributed by atoms with E-state index in [2.05, 4.69) is 26.3 Å². The Balaban J connectivity index is 1.69. The molecule has 0 bridgehead atoms. The second-order valence-electron chi connectivity index (χ2n) is 5.00. The van der Waals surface area contributed by atoms with E-state index in [0.29, 0.717) is 5.95 Å². The van der Waals surface area contributed by atoms with Crippen molar-refractivity contribution in [1.29, 1.82) is 0 Å². The number of benzene rings is 2. The lowest BCUT2D eigenvalue weighted by atomic mass is 10.1. The van der Waals surface area contributed by atoms with Crippen LogP contribution < -0.4 is 5.32 Å². The summed E-state index contributed by atoms with van der Waals surface area (Å²) in [5.41, 5.74) is 4.04. The molecule has 0 saturated heterocycles. The summed E-state index contributed by atoms with van der Waals surface area (Å²) in [6, 6.07) is 20.1. The van der Waals surface area contributed by atoms with Crippen molar-refractivity contribution in [3.8, 4) is 11.3 Å². The van der Waals surface area contributed by atoms with Gasteiger partial charge in [-0.15, -0.1) is 0 Å². The van der Waals surface area contributed by atoms with E-state index >= 15 is 0 Å². The molecule has 22 heavy (non-hydrogen) atoms. The van der Waals surface area contributed by atoms with Crippen LogP contribution in [0.1, 0.15) is 0 Å². The fourth-order valence-corrected chi connectivity index (χ4v) is 2.48. The predicted molar refractivity (Wildman–Crippen MR) is 89.0 cm³/mol. The topological polar surface area (TPSA) is 53.6 Å². The fourth-order valence-electron chi connectivity index (χ4n) is 2.48. The van der Waals surface area contributed by atoms with Gasteiger partial charge in [-0.25, -0.2) is 9.97 Å². The Labute approximate surface area is 127 Å². The van der Waals surface area contributed by atoms with Gasteiger partial charge in [-0.1, -0.05) is 48.5 Å². The third-order valence-electron chi connectivity index (χ3n) is 3.56. The lowest BCUT2D eigenvalue weighted by molar-refractivity contribution is 1.17. The summed E-state index contributed by atoms with van der Waals surface area (Å²) in [6.07, 6.45) is 3.70. The first-order valence-electron chi connectivity index (χ1n) is 7.12. The molecule has 2 aromatic heterocycles. The molecular formula is C18H14N4. The summed E-state index contributed by atoms with van der Waals surface area (Å²) in [5, 5.41) is 4.41. The van der Waals surface area contributed by atoms with Crippen LogP contribution >= 0.6 is 0 Å². The molecular weight excluding hydrogens is 272 g/mol. The highest BCUT2D eigenvalue weighted by molar-refractivity contribution is 5.93. The van der Waals surface area contributed by atoms with Gasteiger partial charge in [-0.2, -0.15) is 0 Å². The van der Waals surface area contributed by atoms with E-state index in [9.17, 15) is 0 Å². The Bertz CT molecular complexity index is 912. The number of aromatic amines is 1. The first kappa shape index (κ1) is 12.6. The van der Waals surface area contributed by atoms with Crippen LogP contribution in [0.5, 0.6) is 0 Å². The van der Waals surface area contributed by atoms with Crippen molar-refractivity contribution < 1.29 is 0 Å². The molecule has 2 heterocycles. The number of fused-ring (bicyclic) bond motifs is 1. The van der Waals surface area contributed by atoms with Gasteiger partial charge in [0.1, 0.15) is 0 Å². The predicted octanol–water partition coefficient (Wildman–Crippen LogP) is 4.37. The normalized spacial score (nSPS) is 10.7. The van der Waals surface area contributed by atoms with E-state index in [0.717, 1.165) is 27.8 Å². The number of aromatic nitrogens is 3. The number of hydrogen-bond acceptors (Lipinski definition) is 3. The van der Waals surface area contributed by atoms with E-state index in [4.69, 9.17) is 0 Å². The van der Waals surface area contributed by atoms with E-state index in [-0.39, 0.29) is 0 Å².